The highest BCUT2D eigenvalue weighted by Gasteiger charge is 2.32. The molecule has 0 spiro atoms. The molecule has 0 bridgehead atoms. The van der Waals surface area contributed by atoms with E-state index in [-0.39, 0.29) is 24.6 Å². The number of hydrogen-bond acceptors (Lipinski definition) is 7. The van der Waals surface area contributed by atoms with Gasteiger partial charge in [-0.05, 0) is 65.5 Å². The summed E-state index contributed by atoms with van der Waals surface area (Å²) in [5.74, 6) is 0.417. The Morgan fingerprint density at radius 2 is 2.07 bits per heavy atom. The van der Waals surface area contributed by atoms with Gasteiger partial charge in [-0.25, -0.2) is 9.67 Å². The van der Waals surface area contributed by atoms with E-state index in [1.54, 1.807) is 7.05 Å². The lowest BCUT2D eigenvalue weighted by atomic mass is 9.87. The van der Waals surface area contributed by atoms with Crippen LogP contribution in [-0.2, 0) is 23.2 Å². The minimum atomic E-state index is -0.477. The summed E-state index contributed by atoms with van der Waals surface area (Å²) in [6, 6.07) is 3.68. The van der Waals surface area contributed by atoms with Crippen LogP contribution < -0.4 is 4.74 Å². The lowest BCUT2D eigenvalue weighted by Gasteiger charge is -2.30. The largest absolute Gasteiger partial charge is 0.489 e. The SMILES string of the molecule is Cc1nc(-c2nnn(C)c2CO)ccc1O[C@H]1CCCC(C(=O)OC(C)(C)C)C1. The van der Waals surface area contributed by atoms with E-state index in [0.29, 0.717) is 29.3 Å². The average molecular weight is 402 g/mol. The molecule has 0 radical (unpaired) electrons. The van der Waals surface area contributed by atoms with Crippen molar-refractivity contribution in [2.45, 2.75) is 71.7 Å². The van der Waals surface area contributed by atoms with Crippen LogP contribution >= 0.6 is 0 Å². The topological polar surface area (TPSA) is 99.4 Å². The number of rotatable bonds is 5. The Morgan fingerprint density at radius 1 is 1.31 bits per heavy atom. The molecule has 2 aromatic rings. The molecule has 1 aliphatic rings. The molecule has 158 valence electrons. The van der Waals surface area contributed by atoms with Gasteiger partial charge in [0.25, 0.3) is 0 Å². The van der Waals surface area contributed by atoms with E-state index in [2.05, 4.69) is 15.3 Å². The zero-order valence-electron chi connectivity index (χ0n) is 17.8. The Kier molecular flexibility index (Phi) is 6.21. The maximum atomic E-state index is 12.4. The summed E-state index contributed by atoms with van der Waals surface area (Å²) >= 11 is 0. The van der Waals surface area contributed by atoms with Gasteiger partial charge in [-0.1, -0.05) is 5.21 Å². The second-order valence-corrected chi connectivity index (χ2v) is 8.58. The van der Waals surface area contributed by atoms with Gasteiger partial charge >= 0.3 is 5.97 Å². The second kappa shape index (κ2) is 8.49. The van der Waals surface area contributed by atoms with Crippen LogP contribution in [0.5, 0.6) is 5.75 Å². The molecule has 1 aliphatic carbocycles. The van der Waals surface area contributed by atoms with Crippen molar-refractivity contribution in [1.29, 1.82) is 0 Å². The normalized spacial score (nSPS) is 19.8. The van der Waals surface area contributed by atoms with Gasteiger partial charge in [0.1, 0.15) is 17.0 Å². The first kappa shape index (κ1) is 21.2. The highest BCUT2D eigenvalue weighted by molar-refractivity contribution is 5.73. The number of aryl methyl sites for hydroxylation is 2. The maximum absolute atomic E-state index is 12.4. The van der Waals surface area contributed by atoms with Gasteiger partial charge in [0.2, 0.25) is 0 Å². The van der Waals surface area contributed by atoms with Crippen LogP contribution in [-0.4, -0.2) is 42.8 Å². The number of hydrogen-bond donors (Lipinski definition) is 1. The molecular weight excluding hydrogens is 372 g/mol. The molecule has 2 atom stereocenters. The summed E-state index contributed by atoms with van der Waals surface area (Å²) in [6.45, 7) is 7.38. The smallest absolute Gasteiger partial charge is 0.309 e. The van der Waals surface area contributed by atoms with E-state index in [0.717, 1.165) is 25.0 Å². The number of pyridine rings is 1. The maximum Gasteiger partial charge on any atom is 0.309 e. The Hall–Kier alpha value is -2.48. The molecule has 29 heavy (non-hydrogen) atoms. The van der Waals surface area contributed by atoms with Gasteiger partial charge in [-0.3, -0.25) is 4.79 Å². The minimum absolute atomic E-state index is 0.0443. The second-order valence-electron chi connectivity index (χ2n) is 8.58. The van der Waals surface area contributed by atoms with Crippen LogP contribution in [0.2, 0.25) is 0 Å². The van der Waals surface area contributed by atoms with Crippen LogP contribution in [0.25, 0.3) is 11.4 Å². The third kappa shape index (κ3) is 5.12. The molecule has 1 fully saturated rings. The van der Waals surface area contributed by atoms with Crippen LogP contribution in [0.4, 0.5) is 0 Å². The first-order valence-electron chi connectivity index (χ1n) is 10.0. The fourth-order valence-electron chi connectivity index (χ4n) is 3.59. The molecule has 1 saturated carbocycles. The summed E-state index contributed by atoms with van der Waals surface area (Å²) in [5.41, 5.74) is 2.07. The Morgan fingerprint density at radius 3 is 2.72 bits per heavy atom. The van der Waals surface area contributed by atoms with Crippen LogP contribution in [0.1, 0.15) is 57.8 Å². The van der Waals surface area contributed by atoms with E-state index < -0.39 is 5.60 Å². The molecule has 1 N–H and O–H groups in total. The highest BCUT2D eigenvalue weighted by atomic mass is 16.6. The first-order chi connectivity index (χ1) is 13.7. The van der Waals surface area contributed by atoms with E-state index >= 15 is 0 Å². The lowest BCUT2D eigenvalue weighted by Crippen LogP contribution is -2.34. The quantitative estimate of drug-likeness (QED) is 0.768. The van der Waals surface area contributed by atoms with Crippen molar-refractivity contribution in [3.8, 4) is 17.1 Å². The Labute approximate surface area is 171 Å². The van der Waals surface area contributed by atoms with Gasteiger partial charge in [0, 0.05) is 7.05 Å². The summed E-state index contributed by atoms with van der Waals surface area (Å²) < 4.78 is 13.3. The number of nitrogens with zero attached hydrogens (tertiary/aromatic N) is 4. The van der Waals surface area contributed by atoms with Crippen molar-refractivity contribution in [3.05, 3.63) is 23.5 Å². The molecule has 1 unspecified atom stereocenters. The predicted molar refractivity (Wildman–Crippen MR) is 107 cm³/mol. The third-order valence-electron chi connectivity index (χ3n) is 5.03. The summed E-state index contributed by atoms with van der Waals surface area (Å²) in [4.78, 5) is 17.0. The zero-order chi connectivity index (χ0) is 21.2. The molecule has 0 aliphatic heterocycles. The van der Waals surface area contributed by atoms with Gasteiger partial charge in [0.15, 0.2) is 0 Å². The summed E-state index contributed by atoms with van der Waals surface area (Å²) in [7, 11) is 1.73. The van der Waals surface area contributed by atoms with E-state index in [9.17, 15) is 9.90 Å². The van der Waals surface area contributed by atoms with Crippen LogP contribution in [0, 0.1) is 12.8 Å². The fraction of sp³-hybridized carbons (Fsp3) is 0.619. The monoisotopic (exact) mass is 402 g/mol. The molecule has 8 nitrogen and oxygen atoms in total. The fourth-order valence-corrected chi connectivity index (χ4v) is 3.59. The van der Waals surface area contributed by atoms with Crippen LogP contribution in [0.3, 0.4) is 0 Å². The number of aliphatic hydroxyl groups is 1. The standard InChI is InChI=1S/C21H30N4O4/c1-13-18(10-9-16(22-13)19-17(12-26)25(5)24-23-19)28-15-8-6-7-14(11-15)20(27)29-21(2,3)4/h9-10,14-15,26H,6-8,11-12H2,1-5H3/t14?,15-/m0/s1. The number of carbonyl (C=O) groups is 1. The highest BCUT2D eigenvalue weighted by Crippen LogP contribution is 2.31. The molecule has 3 rings (SSSR count). The molecule has 8 heteroatoms. The van der Waals surface area contributed by atoms with Gasteiger partial charge in [-0.15, -0.1) is 5.10 Å². The zero-order valence-corrected chi connectivity index (χ0v) is 17.8. The number of carbonyl (C=O) groups excluding carboxylic acids is 1. The predicted octanol–water partition coefficient (Wildman–Crippen LogP) is 2.96. The van der Waals surface area contributed by atoms with Crippen molar-refractivity contribution in [3.63, 3.8) is 0 Å². The number of aliphatic hydroxyl groups excluding tert-OH is 1. The van der Waals surface area contributed by atoms with E-state index in [1.807, 2.05) is 39.8 Å². The number of esters is 1. The molecular formula is C21H30N4O4. The molecule has 2 aromatic heterocycles. The van der Waals surface area contributed by atoms with Crippen molar-refractivity contribution < 1.29 is 19.4 Å². The summed E-state index contributed by atoms with van der Waals surface area (Å²) in [6.07, 6.45) is 3.27. The Bertz CT molecular complexity index is 872. The Balaban J connectivity index is 1.69. The van der Waals surface area contributed by atoms with Gasteiger partial charge in [-0.2, -0.15) is 0 Å². The van der Waals surface area contributed by atoms with Crippen LogP contribution in [0.15, 0.2) is 12.1 Å². The van der Waals surface area contributed by atoms with Gasteiger partial charge < -0.3 is 14.6 Å². The lowest BCUT2D eigenvalue weighted by molar-refractivity contribution is -0.162. The van der Waals surface area contributed by atoms with Crippen molar-refractivity contribution in [2.24, 2.45) is 13.0 Å². The number of aromatic nitrogens is 4. The van der Waals surface area contributed by atoms with Crippen molar-refractivity contribution in [1.82, 2.24) is 20.0 Å². The summed E-state index contributed by atoms with van der Waals surface area (Å²) in [5, 5.41) is 17.6. The number of ether oxygens (including phenoxy) is 2. The first-order valence-corrected chi connectivity index (χ1v) is 10.0. The molecule has 0 aromatic carbocycles. The molecule has 0 amide bonds. The van der Waals surface area contributed by atoms with E-state index in [4.69, 9.17) is 9.47 Å². The van der Waals surface area contributed by atoms with Crippen molar-refractivity contribution in [2.75, 3.05) is 0 Å². The minimum Gasteiger partial charge on any atom is -0.489 e. The molecule has 0 saturated heterocycles. The van der Waals surface area contributed by atoms with Gasteiger partial charge in [0.05, 0.1) is 35.7 Å². The third-order valence-corrected chi connectivity index (χ3v) is 5.03. The van der Waals surface area contributed by atoms with E-state index in [1.165, 1.54) is 4.68 Å². The molecule has 2 heterocycles. The van der Waals surface area contributed by atoms with Crippen molar-refractivity contribution >= 4 is 5.97 Å². The average Bonchev–Trinajstić information content (AvgIpc) is 3.03.